The largest absolute Gasteiger partial charge is 0.417 e. The Labute approximate surface area is 119 Å². The van der Waals surface area contributed by atoms with Crippen LogP contribution in [0.15, 0.2) is 0 Å². The zero-order chi connectivity index (χ0) is 14.1. The molecule has 0 unspecified atom stereocenters. The molecule has 0 N–H and O–H groups in total. The van der Waals surface area contributed by atoms with Crippen LogP contribution in [0.4, 0.5) is 0 Å². The molecule has 1 saturated heterocycles. The smallest absolute Gasteiger partial charge is 0.222 e. The third kappa shape index (κ3) is 7.11. The van der Waals surface area contributed by atoms with Crippen molar-refractivity contribution in [2.75, 3.05) is 19.7 Å². The monoisotopic (exact) mass is 285 g/mol. The van der Waals surface area contributed by atoms with Crippen LogP contribution in [0.3, 0.4) is 0 Å². The molecule has 0 bridgehead atoms. The van der Waals surface area contributed by atoms with E-state index >= 15 is 0 Å². The average Bonchev–Trinajstić information content (AvgIpc) is 2.55. The van der Waals surface area contributed by atoms with Gasteiger partial charge in [0.2, 0.25) is 5.91 Å². The lowest BCUT2D eigenvalue weighted by Crippen LogP contribution is -2.35. The Balaban J connectivity index is 2.22. The van der Waals surface area contributed by atoms with E-state index in [1.165, 1.54) is 31.7 Å². The first kappa shape index (κ1) is 16.7. The van der Waals surface area contributed by atoms with Gasteiger partial charge in [-0.25, -0.2) is 0 Å². The van der Waals surface area contributed by atoms with E-state index in [0.717, 1.165) is 39.0 Å². The first-order valence-corrected chi connectivity index (χ1v) is 11.1. The lowest BCUT2D eigenvalue weighted by molar-refractivity contribution is -0.130. The highest BCUT2D eigenvalue weighted by atomic mass is 28.4. The first-order chi connectivity index (χ1) is 9.05. The van der Waals surface area contributed by atoms with Gasteiger partial charge in [0.1, 0.15) is 0 Å². The van der Waals surface area contributed by atoms with Gasteiger partial charge in [0.25, 0.3) is 0 Å². The number of amides is 1. The molecule has 0 aromatic carbocycles. The topological polar surface area (TPSA) is 29.5 Å². The lowest BCUT2D eigenvalue weighted by atomic mass is 10.2. The molecule has 1 aliphatic heterocycles. The summed E-state index contributed by atoms with van der Waals surface area (Å²) >= 11 is 0. The maximum Gasteiger partial charge on any atom is 0.222 e. The number of unbranched alkanes of at least 4 members (excludes halogenated alkanes) is 1. The molecule has 3 nitrogen and oxygen atoms in total. The number of nitrogens with zero attached hydrogens (tertiary/aromatic N) is 1. The lowest BCUT2D eigenvalue weighted by Gasteiger charge is -2.25. The molecule has 0 atom stereocenters. The SMILES string of the molecule is CCCCO[Si](C)(C)CCCN1CCCCCC1=O. The van der Waals surface area contributed by atoms with Crippen LogP contribution < -0.4 is 0 Å². The van der Waals surface area contributed by atoms with Gasteiger partial charge in [0, 0.05) is 26.1 Å². The summed E-state index contributed by atoms with van der Waals surface area (Å²) in [4.78, 5) is 14.0. The van der Waals surface area contributed by atoms with Gasteiger partial charge in [-0.3, -0.25) is 4.79 Å². The molecule has 1 rings (SSSR count). The Morgan fingerprint density at radius 2 is 2.00 bits per heavy atom. The first-order valence-electron chi connectivity index (χ1n) is 7.97. The molecular formula is C15H31NO2Si. The maximum atomic E-state index is 11.9. The van der Waals surface area contributed by atoms with E-state index < -0.39 is 8.32 Å². The van der Waals surface area contributed by atoms with Gasteiger partial charge in [-0.1, -0.05) is 19.8 Å². The standard InChI is InChI=1S/C15H31NO2Si/c1-4-5-13-18-19(2,3)14-9-12-16-11-8-6-7-10-15(16)17/h4-14H2,1-3H3. The van der Waals surface area contributed by atoms with Crippen LogP contribution in [0, 0.1) is 0 Å². The maximum absolute atomic E-state index is 11.9. The van der Waals surface area contributed by atoms with Crippen molar-refractivity contribution < 1.29 is 9.22 Å². The highest BCUT2D eigenvalue weighted by Crippen LogP contribution is 2.17. The van der Waals surface area contributed by atoms with Crippen LogP contribution in [-0.2, 0) is 9.22 Å². The number of carbonyl (C=O) groups is 1. The summed E-state index contributed by atoms with van der Waals surface area (Å²) in [7, 11) is -1.50. The Bertz CT molecular complexity index is 269. The minimum Gasteiger partial charge on any atom is -0.417 e. The van der Waals surface area contributed by atoms with E-state index in [-0.39, 0.29) is 0 Å². The average molecular weight is 286 g/mol. The van der Waals surface area contributed by atoms with Crippen molar-refractivity contribution >= 4 is 14.2 Å². The summed E-state index contributed by atoms with van der Waals surface area (Å²) in [5.41, 5.74) is 0. The Morgan fingerprint density at radius 3 is 2.74 bits per heavy atom. The van der Waals surface area contributed by atoms with E-state index in [0.29, 0.717) is 5.91 Å². The van der Waals surface area contributed by atoms with Crippen molar-refractivity contribution in [1.29, 1.82) is 0 Å². The zero-order valence-corrected chi connectivity index (χ0v) is 14.0. The summed E-state index contributed by atoms with van der Waals surface area (Å²) in [5, 5.41) is 0. The molecule has 0 spiro atoms. The number of hydrogen-bond donors (Lipinski definition) is 0. The fourth-order valence-electron chi connectivity index (χ4n) is 2.54. The fraction of sp³-hybridized carbons (Fsp3) is 0.933. The van der Waals surface area contributed by atoms with Crippen molar-refractivity contribution in [2.45, 2.75) is 71.0 Å². The minimum atomic E-state index is -1.50. The molecule has 0 aromatic heterocycles. The van der Waals surface area contributed by atoms with Gasteiger partial charge in [-0.05, 0) is 44.8 Å². The minimum absolute atomic E-state index is 0.365. The summed E-state index contributed by atoms with van der Waals surface area (Å²) in [5.74, 6) is 0.365. The summed E-state index contributed by atoms with van der Waals surface area (Å²) < 4.78 is 6.05. The molecule has 112 valence electrons. The van der Waals surface area contributed by atoms with Crippen LogP contribution >= 0.6 is 0 Å². The molecule has 1 amide bonds. The van der Waals surface area contributed by atoms with E-state index in [1.54, 1.807) is 0 Å². The van der Waals surface area contributed by atoms with Gasteiger partial charge in [0.05, 0.1) is 0 Å². The molecule has 4 heteroatoms. The molecule has 0 aromatic rings. The van der Waals surface area contributed by atoms with Crippen LogP contribution in [0.2, 0.25) is 19.1 Å². The molecule has 1 heterocycles. The quantitative estimate of drug-likeness (QED) is 0.501. The van der Waals surface area contributed by atoms with Gasteiger partial charge in [-0.15, -0.1) is 0 Å². The molecule has 1 aliphatic rings. The summed E-state index contributed by atoms with van der Waals surface area (Å²) in [6.07, 6.45) is 7.70. The van der Waals surface area contributed by atoms with E-state index in [4.69, 9.17) is 4.43 Å². The van der Waals surface area contributed by atoms with E-state index in [2.05, 4.69) is 24.9 Å². The number of hydrogen-bond acceptors (Lipinski definition) is 2. The van der Waals surface area contributed by atoms with E-state index in [9.17, 15) is 4.79 Å². The number of likely N-dealkylation sites (tertiary alicyclic amines) is 1. The molecular weight excluding hydrogens is 254 g/mol. The van der Waals surface area contributed by atoms with Gasteiger partial charge in [0.15, 0.2) is 8.32 Å². The Morgan fingerprint density at radius 1 is 1.21 bits per heavy atom. The van der Waals surface area contributed by atoms with Crippen molar-refractivity contribution in [1.82, 2.24) is 4.90 Å². The predicted octanol–water partition coefficient (Wildman–Crippen LogP) is 3.80. The van der Waals surface area contributed by atoms with Gasteiger partial charge in [-0.2, -0.15) is 0 Å². The summed E-state index contributed by atoms with van der Waals surface area (Å²) in [6.45, 7) is 9.62. The van der Waals surface area contributed by atoms with Crippen LogP contribution in [0.25, 0.3) is 0 Å². The summed E-state index contributed by atoms with van der Waals surface area (Å²) in [6, 6.07) is 1.17. The predicted molar refractivity (Wildman–Crippen MR) is 82.8 cm³/mol. The highest BCUT2D eigenvalue weighted by Gasteiger charge is 2.23. The van der Waals surface area contributed by atoms with Crippen molar-refractivity contribution in [3.8, 4) is 0 Å². The third-order valence-electron chi connectivity index (χ3n) is 3.87. The second kappa shape index (κ2) is 8.75. The van der Waals surface area contributed by atoms with Crippen molar-refractivity contribution in [3.05, 3.63) is 0 Å². The van der Waals surface area contributed by atoms with E-state index in [1.807, 2.05) is 0 Å². The number of rotatable bonds is 8. The highest BCUT2D eigenvalue weighted by molar-refractivity contribution is 6.71. The molecule has 0 saturated carbocycles. The third-order valence-corrected chi connectivity index (χ3v) is 6.41. The molecule has 0 aliphatic carbocycles. The molecule has 19 heavy (non-hydrogen) atoms. The zero-order valence-electron chi connectivity index (χ0n) is 13.0. The van der Waals surface area contributed by atoms with Crippen LogP contribution in [0.5, 0.6) is 0 Å². The second-order valence-corrected chi connectivity index (χ2v) is 10.6. The fourth-order valence-corrected chi connectivity index (χ4v) is 4.39. The Hall–Kier alpha value is -0.353. The van der Waals surface area contributed by atoms with Crippen LogP contribution in [-0.4, -0.2) is 38.8 Å². The van der Waals surface area contributed by atoms with Gasteiger partial charge >= 0.3 is 0 Å². The number of carbonyl (C=O) groups excluding carboxylic acids is 1. The van der Waals surface area contributed by atoms with Crippen molar-refractivity contribution in [2.24, 2.45) is 0 Å². The van der Waals surface area contributed by atoms with Gasteiger partial charge < -0.3 is 9.33 Å². The van der Waals surface area contributed by atoms with Crippen LogP contribution in [0.1, 0.15) is 51.9 Å². The van der Waals surface area contributed by atoms with Crippen molar-refractivity contribution in [3.63, 3.8) is 0 Å². The second-order valence-electron chi connectivity index (χ2n) is 6.26. The molecule has 1 fully saturated rings. The normalized spacial score (nSPS) is 17.6. The Kier molecular flexibility index (Phi) is 7.69. The molecule has 0 radical (unpaired) electrons.